The highest BCUT2D eigenvalue weighted by atomic mass is 19.1. The lowest BCUT2D eigenvalue weighted by Crippen LogP contribution is -2.38. The zero-order chi connectivity index (χ0) is 19.1. The van der Waals surface area contributed by atoms with Crippen LogP contribution in [0.2, 0.25) is 0 Å². The van der Waals surface area contributed by atoms with Gasteiger partial charge in [0.1, 0.15) is 5.82 Å². The van der Waals surface area contributed by atoms with Crippen molar-refractivity contribution in [3.63, 3.8) is 0 Å². The summed E-state index contributed by atoms with van der Waals surface area (Å²) in [5.41, 5.74) is 2.88. The molecule has 3 aromatic rings. The van der Waals surface area contributed by atoms with Crippen LogP contribution in [0.1, 0.15) is 18.1 Å². The highest BCUT2D eigenvalue weighted by Gasteiger charge is 2.06. The molecule has 0 spiro atoms. The zero-order valence-electron chi connectivity index (χ0n) is 15.6. The number of H-pyrrole nitrogens is 1. The van der Waals surface area contributed by atoms with Crippen LogP contribution in [-0.4, -0.2) is 36.1 Å². The summed E-state index contributed by atoms with van der Waals surface area (Å²) in [6.45, 7) is 3.97. The Bertz CT molecular complexity index is 922. The number of pyridine rings is 1. The Morgan fingerprint density at radius 3 is 2.96 bits per heavy atom. The average Bonchev–Trinajstić information content (AvgIpc) is 3.08. The second kappa shape index (κ2) is 9.02. The normalized spacial score (nSPS) is 11.6. The lowest BCUT2D eigenvalue weighted by molar-refractivity contribution is 0.392. The average molecular weight is 369 g/mol. The van der Waals surface area contributed by atoms with Crippen molar-refractivity contribution in [1.82, 2.24) is 20.6 Å². The van der Waals surface area contributed by atoms with Crippen LogP contribution in [0, 0.1) is 5.82 Å². The standard InChI is InChI=1S/C20H24FN5O/c1-3-22-20(26-13-15-5-4-9-23-19(15)27-2)24-10-8-14-12-25-18-11-16(21)6-7-17(14)18/h4-7,9,11-12,25H,3,8,10,13H2,1-2H3,(H2,22,24,26). The van der Waals surface area contributed by atoms with Crippen LogP contribution in [0.5, 0.6) is 5.88 Å². The minimum atomic E-state index is -0.235. The number of benzene rings is 1. The molecule has 3 N–H and O–H groups in total. The van der Waals surface area contributed by atoms with Crippen molar-refractivity contribution in [2.45, 2.75) is 19.9 Å². The number of aliphatic imine (C=N–C) groups is 1. The van der Waals surface area contributed by atoms with Gasteiger partial charge in [0.05, 0.1) is 13.7 Å². The number of hydrogen-bond acceptors (Lipinski definition) is 3. The van der Waals surface area contributed by atoms with Gasteiger partial charge in [0.25, 0.3) is 0 Å². The number of ether oxygens (including phenoxy) is 1. The Morgan fingerprint density at radius 2 is 2.15 bits per heavy atom. The Hall–Kier alpha value is -3.09. The van der Waals surface area contributed by atoms with Crippen molar-refractivity contribution in [3.05, 3.63) is 59.7 Å². The SMILES string of the molecule is CCNC(=NCc1cccnc1OC)NCCc1c[nH]c2cc(F)ccc12. The Balaban J connectivity index is 1.62. The highest BCUT2D eigenvalue weighted by molar-refractivity contribution is 5.83. The Kier molecular flexibility index (Phi) is 6.25. The van der Waals surface area contributed by atoms with Gasteiger partial charge in [-0.1, -0.05) is 6.07 Å². The summed E-state index contributed by atoms with van der Waals surface area (Å²) >= 11 is 0. The summed E-state index contributed by atoms with van der Waals surface area (Å²) in [6, 6.07) is 8.63. The number of nitrogens with zero attached hydrogens (tertiary/aromatic N) is 2. The van der Waals surface area contributed by atoms with Crippen molar-refractivity contribution in [2.75, 3.05) is 20.2 Å². The maximum Gasteiger partial charge on any atom is 0.218 e. The first-order valence-electron chi connectivity index (χ1n) is 8.97. The summed E-state index contributed by atoms with van der Waals surface area (Å²) < 4.78 is 18.6. The second-order valence-electron chi connectivity index (χ2n) is 6.05. The van der Waals surface area contributed by atoms with E-state index in [2.05, 4.69) is 25.6 Å². The van der Waals surface area contributed by atoms with Crippen molar-refractivity contribution < 1.29 is 9.13 Å². The number of aromatic amines is 1. The minimum absolute atomic E-state index is 0.235. The fourth-order valence-electron chi connectivity index (χ4n) is 2.92. The largest absolute Gasteiger partial charge is 0.481 e. The van der Waals surface area contributed by atoms with Gasteiger partial charge in [0, 0.05) is 41.9 Å². The molecule has 0 aliphatic heterocycles. The number of fused-ring (bicyclic) bond motifs is 1. The molecule has 7 heteroatoms. The quantitative estimate of drug-likeness (QED) is 0.442. The van der Waals surface area contributed by atoms with E-state index in [1.54, 1.807) is 13.3 Å². The van der Waals surface area contributed by atoms with Crippen LogP contribution in [-0.2, 0) is 13.0 Å². The minimum Gasteiger partial charge on any atom is -0.481 e. The molecule has 1 aromatic carbocycles. The van der Waals surface area contributed by atoms with E-state index in [0.29, 0.717) is 19.0 Å². The molecule has 0 amide bonds. The summed E-state index contributed by atoms with van der Waals surface area (Å²) in [7, 11) is 1.60. The molecule has 6 nitrogen and oxygen atoms in total. The predicted octanol–water partition coefficient (Wildman–Crippen LogP) is 3.01. The molecule has 142 valence electrons. The summed E-state index contributed by atoms with van der Waals surface area (Å²) in [5.74, 6) is 1.08. The molecule has 2 heterocycles. The van der Waals surface area contributed by atoms with E-state index in [1.807, 2.05) is 31.3 Å². The predicted molar refractivity (Wildman–Crippen MR) is 106 cm³/mol. The van der Waals surface area contributed by atoms with Crippen molar-refractivity contribution in [3.8, 4) is 5.88 Å². The van der Waals surface area contributed by atoms with E-state index < -0.39 is 0 Å². The topological polar surface area (TPSA) is 74.3 Å². The number of hydrogen-bond donors (Lipinski definition) is 3. The van der Waals surface area contributed by atoms with Gasteiger partial charge in [-0.3, -0.25) is 0 Å². The molecule has 0 atom stereocenters. The van der Waals surface area contributed by atoms with Gasteiger partial charge < -0.3 is 20.4 Å². The molecular formula is C20H24FN5O. The van der Waals surface area contributed by atoms with Crippen LogP contribution < -0.4 is 15.4 Å². The Morgan fingerprint density at radius 1 is 1.26 bits per heavy atom. The van der Waals surface area contributed by atoms with Crippen LogP contribution in [0.4, 0.5) is 4.39 Å². The van der Waals surface area contributed by atoms with Crippen LogP contribution in [0.3, 0.4) is 0 Å². The fourth-order valence-corrected chi connectivity index (χ4v) is 2.92. The number of methoxy groups -OCH3 is 1. The first-order valence-corrected chi connectivity index (χ1v) is 8.97. The number of aromatic nitrogens is 2. The van der Waals surface area contributed by atoms with E-state index in [-0.39, 0.29) is 5.82 Å². The third-order valence-corrected chi connectivity index (χ3v) is 4.21. The van der Waals surface area contributed by atoms with Gasteiger partial charge in [0.2, 0.25) is 5.88 Å². The second-order valence-corrected chi connectivity index (χ2v) is 6.05. The number of rotatable bonds is 7. The first-order chi connectivity index (χ1) is 13.2. The molecule has 0 unspecified atom stereocenters. The van der Waals surface area contributed by atoms with Gasteiger partial charge in [-0.25, -0.2) is 14.4 Å². The number of halogens is 1. The number of nitrogens with one attached hydrogen (secondary N) is 3. The molecule has 27 heavy (non-hydrogen) atoms. The van der Waals surface area contributed by atoms with Crippen molar-refractivity contribution in [2.24, 2.45) is 4.99 Å². The molecule has 0 aliphatic carbocycles. The number of guanidine groups is 1. The van der Waals surface area contributed by atoms with Crippen LogP contribution in [0.25, 0.3) is 10.9 Å². The smallest absolute Gasteiger partial charge is 0.218 e. The molecule has 0 fully saturated rings. The van der Waals surface area contributed by atoms with Crippen molar-refractivity contribution >= 4 is 16.9 Å². The zero-order valence-corrected chi connectivity index (χ0v) is 15.6. The van der Waals surface area contributed by atoms with E-state index in [9.17, 15) is 4.39 Å². The Labute approximate surface area is 157 Å². The monoisotopic (exact) mass is 369 g/mol. The van der Waals surface area contributed by atoms with Gasteiger partial charge in [-0.05, 0) is 43.2 Å². The maximum atomic E-state index is 13.3. The fraction of sp³-hybridized carbons (Fsp3) is 0.300. The molecule has 0 bridgehead atoms. The van der Waals surface area contributed by atoms with Gasteiger partial charge in [-0.2, -0.15) is 0 Å². The molecular weight excluding hydrogens is 345 g/mol. The van der Waals surface area contributed by atoms with Gasteiger partial charge in [-0.15, -0.1) is 0 Å². The summed E-state index contributed by atoms with van der Waals surface area (Å²) in [4.78, 5) is 11.9. The molecule has 0 radical (unpaired) electrons. The van der Waals surface area contributed by atoms with Crippen molar-refractivity contribution in [1.29, 1.82) is 0 Å². The van der Waals surface area contributed by atoms with E-state index >= 15 is 0 Å². The summed E-state index contributed by atoms with van der Waals surface area (Å²) in [6.07, 6.45) is 4.42. The lowest BCUT2D eigenvalue weighted by atomic mass is 10.1. The highest BCUT2D eigenvalue weighted by Crippen LogP contribution is 2.19. The van der Waals surface area contributed by atoms with E-state index in [4.69, 9.17) is 4.74 Å². The van der Waals surface area contributed by atoms with Crippen LogP contribution in [0.15, 0.2) is 47.7 Å². The first kappa shape index (κ1) is 18.7. The summed E-state index contributed by atoms with van der Waals surface area (Å²) in [5, 5.41) is 7.61. The molecule has 2 aromatic heterocycles. The molecule has 0 aliphatic rings. The maximum absolute atomic E-state index is 13.3. The van der Waals surface area contributed by atoms with E-state index in [0.717, 1.165) is 41.0 Å². The van der Waals surface area contributed by atoms with Gasteiger partial charge >= 0.3 is 0 Å². The third kappa shape index (κ3) is 4.75. The third-order valence-electron chi connectivity index (χ3n) is 4.21. The van der Waals surface area contributed by atoms with Gasteiger partial charge in [0.15, 0.2) is 5.96 Å². The van der Waals surface area contributed by atoms with Crippen LogP contribution >= 0.6 is 0 Å². The molecule has 0 saturated heterocycles. The molecule has 3 rings (SSSR count). The lowest BCUT2D eigenvalue weighted by Gasteiger charge is -2.11. The molecule has 0 saturated carbocycles. The van der Waals surface area contributed by atoms with E-state index in [1.165, 1.54) is 12.1 Å².